The summed E-state index contributed by atoms with van der Waals surface area (Å²) in [7, 11) is 0. The highest BCUT2D eigenvalue weighted by Gasteiger charge is 2.29. The molecule has 1 aliphatic rings. The van der Waals surface area contributed by atoms with Crippen LogP contribution >= 0.6 is 11.8 Å². The van der Waals surface area contributed by atoms with E-state index in [1.807, 2.05) is 25.6 Å². The third-order valence-electron chi connectivity index (χ3n) is 2.89. The molecule has 1 heterocycles. The van der Waals surface area contributed by atoms with Crippen molar-refractivity contribution >= 4 is 17.7 Å². The third-order valence-corrected chi connectivity index (χ3v) is 4.16. The quantitative estimate of drug-likeness (QED) is 0.620. The lowest BCUT2D eigenvalue weighted by molar-refractivity contribution is -0.124. The number of hydrogen-bond donors (Lipinski definition) is 2. The van der Waals surface area contributed by atoms with E-state index in [9.17, 15) is 4.79 Å². The Labute approximate surface area is 102 Å². The van der Waals surface area contributed by atoms with E-state index in [4.69, 9.17) is 10.5 Å². The summed E-state index contributed by atoms with van der Waals surface area (Å²) < 4.78 is 5.10. The molecule has 94 valence electrons. The molecular formula is C11H22N2O2S. The Balaban J connectivity index is 2.18. The summed E-state index contributed by atoms with van der Waals surface area (Å²) in [5.74, 6) is 0.814. The van der Waals surface area contributed by atoms with Crippen LogP contribution in [0.1, 0.15) is 26.7 Å². The van der Waals surface area contributed by atoms with Crippen molar-refractivity contribution in [2.75, 3.05) is 25.5 Å². The maximum Gasteiger partial charge on any atom is 0.237 e. The number of carbonyl (C=O) groups excluding carboxylic acids is 1. The molecule has 0 aromatic rings. The Morgan fingerprint density at radius 1 is 1.62 bits per heavy atom. The molecule has 1 fully saturated rings. The van der Waals surface area contributed by atoms with Crippen molar-refractivity contribution < 1.29 is 9.53 Å². The summed E-state index contributed by atoms with van der Waals surface area (Å²) in [6.45, 7) is 6.40. The maximum atomic E-state index is 11.3. The summed E-state index contributed by atoms with van der Waals surface area (Å²) in [4.78, 5) is 11.3. The molecule has 0 aromatic carbocycles. The maximum absolute atomic E-state index is 11.3. The number of thioether (sulfide) groups is 1. The number of likely N-dealkylation sites (N-methyl/N-ethyl adjacent to an activating group) is 1. The lowest BCUT2D eigenvalue weighted by Crippen LogP contribution is -2.53. The molecule has 1 rings (SSSR count). The molecule has 4 nitrogen and oxygen atoms in total. The van der Waals surface area contributed by atoms with Crippen molar-refractivity contribution in [2.45, 2.75) is 37.5 Å². The zero-order valence-corrected chi connectivity index (χ0v) is 10.9. The number of ether oxygens (including phenoxy) is 1. The summed E-state index contributed by atoms with van der Waals surface area (Å²) in [6.07, 6.45) is 1.81. The van der Waals surface area contributed by atoms with E-state index in [0.717, 1.165) is 38.4 Å². The van der Waals surface area contributed by atoms with E-state index in [1.54, 1.807) is 0 Å². The van der Waals surface area contributed by atoms with Gasteiger partial charge in [0.25, 0.3) is 0 Å². The van der Waals surface area contributed by atoms with Crippen LogP contribution in [0, 0.1) is 0 Å². The Morgan fingerprint density at radius 3 is 2.75 bits per heavy atom. The number of nitrogens with two attached hydrogens (primary N) is 1. The van der Waals surface area contributed by atoms with Crippen LogP contribution in [-0.2, 0) is 9.53 Å². The van der Waals surface area contributed by atoms with Crippen LogP contribution in [0.15, 0.2) is 0 Å². The van der Waals surface area contributed by atoms with Crippen LogP contribution in [0.5, 0.6) is 0 Å². The highest BCUT2D eigenvalue weighted by atomic mass is 32.2. The number of rotatable bonds is 8. The zero-order valence-electron chi connectivity index (χ0n) is 10.1. The molecule has 0 aromatic heterocycles. The van der Waals surface area contributed by atoms with Gasteiger partial charge in [0.1, 0.15) is 0 Å². The standard InChI is InChI=1S/C11H22N2O2S/c1-3-13-11(2,10(12)14)5-4-6-16-9-7-15-8-9/h9,13H,3-8H2,1-2H3,(H2,12,14). The lowest BCUT2D eigenvalue weighted by atomic mass is 9.95. The molecule has 1 aliphatic heterocycles. The first-order valence-corrected chi connectivity index (χ1v) is 6.87. The van der Waals surface area contributed by atoms with Gasteiger partial charge in [0.15, 0.2) is 0 Å². The molecule has 0 saturated carbocycles. The fraction of sp³-hybridized carbons (Fsp3) is 0.909. The molecule has 0 radical (unpaired) electrons. The smallest absolute Gasteiger partial charge is 0.237 e. The van der Waals surface area contributed by atoms with Gasteiger partial charge in [-0.15, -0.1) is 0 Å². The van der Waals surface area contributed by atoms with Gasteiger partial charge in [-0.05, 0) is 32.1 Å². The van der Waals surface area contributed by atoms with Gasteiger partial charge in [0.2, 0.25) is 5.91 Å². The highest BCUT2D eigenvalue weighted by molar-refractivity contribution is 8.00. The highest BCUT2D eigenvalue weighted by Crippen LogP contribution is 2.22. The second kappa shape index (κ2) is 6.47. The van der Waals surface area contributed by atoms with Crippen LogP contribution < -0.4 is 11.1 Å². The first kappa shape index (κ1) is 13.8. The molecule has 0 aliphatic carbocycles. The van der Waals surface area contributed by atoms with Gasteiger partial charge in [-0.25, -0.2) is 0 Å². The summed E-state index contributed by atoms with van der Waals surface area (Å²) in [5, 5.41) is 3.83. The van der Waals surface area contributed by atoms with Crippen molar-refractivity contribution in [3.8, 4) is 0 Å². The van der Waals surface area contributed by atoms with E-state index in [2.05, 4.69) is 5.32 Å². The molecule has 1 saturated heterocycles. The molecule has 1 unspecified atom stereocenters. The SMILES string of the molecule is CCNC(C)(CCCSC1COC1)C(N)=O. The monoisotopic (exact) mass is 246 g/mol. The number of nitrogens with one attached hydrogen (secondary N) is 1. The molecule has 1 atom stereocenters. The fourth-order valence-corrected chi connectivity index (χ4v) is 2.70. The Morgan fingerprint density at radius 2 is 2.31 bits per heavy atom. The van der Waals surface area contributed by atoms with E-state index in [0.29, 0.717) is 5.25 Å². The molecule has 0 bridgehead atoms. The topological polar surface area (TPSA) is 64.3 Å². The lowest BCUT2D eigenvalue weighted by Gasteiger charge is -2.28. The molecule has 5 heteroatoms. The van der Waals surface area contributed by atoms with E-state index in [-0.39, 0.29) is 5.91 Å². The largest absolute Gasteiger partial charge is 0.379 e. The van der Waals surface area contributed by atoms with Crippen LogP contribution in [0.25, 0.3) is 0 Å². The molecule has 1 amide bonds. The first-order chi connectivity index (χ1) is 7.58. The van der Waals surface area contributed by atoms with E-state index in [1.165, 1.54) is 0 Å². The zero-order chi connectivity index (χ0) is 12.0. The summed E-state index contributed by atoms with van der Waals surface area (Å²) in [5.41, 5.74) is 4.86. The number of hydrogen-bond acceptors (Lipinski definition) is 4. The van der Waals surface area contributed by atoms with Gasteiger partial charge in [-0.2, -0.15) is 11.8 Å². The van der Waals surface area contributed by atoms with Crippen LogP contribution in [0.3, 0.4) is 0 Å². The second-order valence-corrected chi connectivity index (χ2v) is 5.77. The van der Waals surface area contributed by atoms with Crippen LogP contribution in [0.2, 0.25) is 0 Å². The summed E-state index contributed by atoms with van der Waals surface area (Å²) >= 11 is 1.93. The van der Waals surface area contributed by atoms with Crippen molar-refractivity contribution in [1.29, 1.82) is 0 Å². The average Bonchev–Trinajstić information content (AvgIpc) is 2.14. The van der Waals surface area contributed by atoms with Gasteiger partial charge in [0.05, 0.1) is 24.0 Å². The van der Waals surface area contributed by atoms with Crippen LogP contribution in [0.4, 0.5) is 0 Å². The molecule has 3 N–H and O–H groups in total. The third kappa shape index (κ3) is 3.96. The van der Waals surface area contributed by atoms with Crippen molar-refractivity contribution in [2.24, 2.45) is 5.73 Å². The van der Waals surface area contributed by atoms with Gasteiger partial charge in [-0.3, -0.25) is 4.79 Å². The molecule has 16 heavy (non-hydrogen) atoms. The van der Waals surface area contributed by atoms with Gasteiger partial charge >= 0.3 is 0 Å². The van der Waals surface area contributed by atoms with Crippen LogP contribution in [-0.4, -0.2) is 42.2 Å². The number of carbonyl (C=O) groups is 1. The van der Waals surface area contributed by atoms with Crippen molar-refractivity contribution in [1.82, 2.24) is 5.32 Å². The minimum Gasteiger partial charge on any atom is -0.379 e. The Bertz CT molecular complexity index is 234. The predicted molar refractivity (Wildman–Crippen MR) is 67.6 cm³/mol. The Hall–Kier alpha value is -0.260. The van der Waals surface area contributed by atoms with Crippen molar-refractivity contribution in [3.05, 3.63) is 0 Å². The van der Waals surface area contributed by atoms with E-state index < -0.39 is 5.54 Å². The van der Waals surface area contributed by atoms with E-state index >= 15 is 0 Å². The molecular weight excluding hydrogens is 224 g/mol. The minimum absolute atomic E-state index is 0.258. The predicted octanol–water partition coefficient (Wildman–Crippen LogP) is 0.752. The van der Waals surface area contributed by atoms with Gasteiger partial charge in [-0.1, -0.05) is 6.92 Å². The van der Waals surface area contributed by atoms with Gasteiger partial charge < -0.3 is 15.8 Å². The fourth-order valence-electron chi connectivity index (χ4n) is 1.67. The second-order valence-electron chi connectivity index (χ2n) is 4.36. The van der Waals surface area contributed by atoms with Gasteiger partial charge in [0, 0.05) is 0 Å². The Kier molecular flexibility index (Phi) is 5.58. The number of amides is 1. The summed E-state index contributed by atoms with van der Waals surface area (Å²) in [6, 6.07) is 0. The molecule has 0 spiro atoms. The first-order valence-electron chi connectivity index (χ1n) is 5.83. The normalized spacial score (nSPS) is 20.1. The number of primary amides is 1. The minimum atomic E-state index is -0.550. The average molecular weight is 246 g/mol. The van der Waals surface area contributed by atoms with Crippen molar-refractivity contribution in [3.63, 3.8) is 0 Å².